The maximum absolute atomic E-state index is 12.2. The van der Waals surface area contributed by atoms with Crippen molar-refractivity contribution >= 4 is 5.91 Å². The lowest BCUT2D eigenvalue weighted by Gasteiger charge is -2.32. The number of piperidine rings is 1. The molecule has 2 aromatic rings. The van der Waals surface area contributed by atoms with Gasteiger partial charge in [0.05, 0.1) is 26.0 Å². The third kappa shape index (κ3) is 5.92. The van der Waals surface area contributed by atoms with Gasteiger partial charge in [-0.3, -0.25) is 14.6 Å². The van der Waals surface area contributed by atoms with Crippen LogP contribution in [0.25, 0.3) is 11.3 Å². The zero-order valence-corrected chi connectivity index (χ0v) is 17.0. The second kappa shape index (κ2) is 10.1. The highest BCUT2D eigenvalue weighted by atomic mass is 16.5. The number of carbonyl (C=O) groups is 1. The molecule has 1 N–H and O–H groups in total. The number of hydrogen-bond donors (Lipinski definition) is 1. The molecule has 6 heteroatoms. The predicted octanol–water partition coefficient (Wildman–Crippen LogP) is 2.61. The third-order valence-electron chi connectivity index (χ3n) is 5.93. The van der Waals surface area contributed by atoms with Crippen molar-refractivity contribution in [2.45, 2.75) is 19.4 Å². The quantitative estimate of drug-likeness (QED) is 0.778. The van der Waals surface area contributed by atoms with Crippen molar-refractivity contribution in [2.24, 2.45) is 5.92 Å². The summed E-state index contributed by atoms with van der Waals surface area (Å²) in [5.41, 5.74) is 2.45. The van der Waals surface area contributed by atoms with Crippen LogP contribution >= 0.6 is 0 Å². The summed E-state index contributed by atoms with van der Waals surface area (Å²) in [4.78, 5) is 16.8. The van der Waals surface area contributed by atoms with Crippen LogP contribution in [-0.4, -0.2) is 68.2 Å². The van der Waals surface area contributed by atoms with Crippen LogP contribution in [0.2, 0.25) is 0 Å². The lowest BCUT2D eigenvalue weighted by Crippen LogP contribution is -2.45. The largest absolute Gasteiger partial charge is 0.464 e. The molecule has 156 valence electrons. The summed E-state index contributed by atoms with van der Waals surface area (Å²) >= 11 is 0. The lowest BCUT2D eigenvalue weighted by atomic mass is 9.96. The summed E-state index contributed by atoms with van der Waals surface area (Å²) in [6.07, 6.45) is 3.99. The number of benzene rings is 1. The van der Waals surface area contributed by atoms with Crippen molar-refractivity contribution in [3.8, 4) is 11.3 Å². The number of furan rings is 1. The molecule has 3 heterocycles. The van der Waals surface area contributed by atoms with Gasteiger partial charge in [0, 0.05) is 31.7 Å². The normalized spacial score (nSPS) is 19.3. The third-order valence-corrected chi connectivity index (χ3v) is 5.93. The molecule has 6 nitrogen and oxygen atoms in total. The summed E-state index contributed by atoms with van der Waals surface area (Å²) in [7, 11) is 0. The second-order valence-electron chi connectivity index (χ2n) is 8.09. The Morgan fingerprint density at radius 2 is 1.76 bits per heavy atom. The molecule has 0 bridgehead atoms. The Bertz CT molecular complexity index is 746. The van der Waals surface area contributed by atoms with Crippen molar-refractivity contribution in [2.75, 3.05) is 52.5 Å². The molecule has 1 amide bonds. The SMILES string of the molecule is O=C(CN1CCOCC1)NCC1CCN(Cc2ccc(-c3ccco3)cc2)CC1. The minimum atomic E-state index is 0.144. The fraction of sp³-hybridized carbons (Fsp3) is 0.522. The Morgan fingerprint density at radius 3 is 2.45 bits per heavy atom. The van der Waals surface area contributed by atoms with E-state index in [1.807, 2.05) is 12.1 Å². The van der Waals surface area contributed by atoms with Crippen LogP contribution in [0.4, 0.5) is 0 Å². The number of nitrogens with zero attached hydrogens (tertiary/aromatic N) is 2. The number of morpholine rings is 1. The first-order valence-electron chi connectivity index (χ1n) is 10.7. The van der Waals surface area contributed by atoms with Gasteiger partial charge in [-0.05, 0) is 49.5 Å². The Balaban J connectivity index is 1.15. The minimum Gasteiger partial charge on any atom is -0.464 e. The summed E-state index contributed by atoms with van der Waals surface area (Å²) in [5.74, 6) is 1.64. The number of carbonyl (C=O) groups excluding carboxylic acids is 1. The number of rotatable bonds is 7. The van der Waals surface area contributed by atoms with E-state index in [1.165, 1.54) is 5.56 Å². The van der Waals surface area contributed by atoms with Gasteiger partial charge in [0.25, 0.3) is 0 Å². The van der Waals surface area contributed by atoms with Gasteiger partial charge in [-0.1, -0.05) is 24.3 Å². The van der Waals surface area contributed by atoms with Gasteiger partial charge in [-0.25, -0.2) is 0 Å². The van der Waals surface area contributed by atoms with E-state index in [1.54, 1.807) is 6.26 Å². The van der Waals surface area contributed by atoms with E-state index in [0.29, 0.717) is 12.5 Å². The second-order valence-corrected chi connectivity index (χ2v) is 8.09. The Morgan fingerprint density at radius 1 is 1.00 bits per heavy atom. The van der Waals surface area contributed by atoms with Crippen molar-refractivity contribution in [1.29, 1.82) is 0 Å². The van der Waals surface area contributed by atoms with Crippen molar-refractivity contribution in [3.63, 3.8) is 0 Å². The first-order chi connectivity index (χ1) is 14.3. The molecule has 1 aromatic heterocycles. The molecule has 2 aliphatic heterocycles. The van der Waals surface area contributed by atoms with Gasteiger partial charge in [0.1, 0.15) is 5.76 Å². The number of likely N-dealkylation sites (tertiary alicyclic amines) is 1. The topological polar surface area (TPSA) is 58.0 Å². The van der Waals surface area contributed by atoms with Gasteiger partial charge in [-0.2, -0.15) is 0 Å². The average molecular weight is 398 g/mol. The molecule has 29 heavy (non-hydrogen) atoms. The Hall–Kier alpha value is -2.15. The molecule has 0 aliphatic carbocycles. The summed E-state index contributed by atoms with van der Waals surface area (Å²) < 4.78 is 10.8. The van der Waals surface area contributed by atoms with Gasteiger partial charge in [-0.15, -0.1) is 0 Å². The number of nitrogens with one attached hydrogen (secondary N) is 1. The molecule has 1 aromatic carbocycles. The molecular formula is C23H31N3O3. The first-order valence-corrected chi connectivity index (χ1v) is 10.7. The predicted molar refractivity (Wildman–Crippen MR) is 112 cm³/mol. The number of amides is 1. The molecule has 0 spiro atoms. The summed E-state index contributed by atoms with van der Waals surface area (Å²) in [6, 6.07) is 12.5. The van der Waals surface area contributed by atoms with E-state index >= 15 is 0 Å². The van der Waals surface area contributed by atoms with Crippen LogP contribution in [-0.2, 0) is 16.1 Å². The van der Waals surface area contributed by atoms with Crippen LogP contribution in [0.1, 0.15) is 18.4 Å². The van der Waals surface area contributed by atoms with Crippen molar-refractivity contribution in [3.05, 3.63) is 48.2 Å². The van der Waals surface area contributed by atoms with E-state index in [4.69, 9.17) is 9.15 Å². The fourth-order valence-corrected chi connectivity index (χ4v) is 4.10. The molecule has 4 rings (SSSR count). The highest BCUT2D eigenvalue weighted by Gasteiger charge is 2.20. The van der Waals surface area contributed by atoms with E-state index in [-0.39, 0.29) is 5.91 Å². The van der Waals surface area contributed by atoms with Crippen LogP contribution in [0.15, 0.2) is 47.1 Å². The highest BCUT2D eigenvalue weighted by molar-refractivity contribution is 5.78. The molecule has 2 aliphatic rings. The van der Waals surface area contributed by atoms with Gasteiger partial charge < -0.3 is 14.5 Å². The van der Waals surface area contributed by atoms with Crippen LogP contribution in [0.3, 0.4) is 0 Å². The summed E-state index contributed by atoms with van der Waals surface area (Å²) in [5, 5.41) is 3.13. The summed E-state index contributed by atoms with van der Waals surface area (Å²) in [6.45, 7) is 7.63. The minimum absolute atomic E-state index is 0.144. The van der Waals surface area contributed by atoms with Gasteiger partial charge in [0.2, 0.25) is 5.91 Å². The highest BCUT2D eigenvalue weighted by Crippen LogP contribution is 2.22. The van der Waals surface area contributed by atoms with E-state index < -0.39 is 0 Å². The van der Waals surface area contributed by atoms with Gasteiger partial charge in [0.15, 0.2) is 0 Å². The van der Waals surface area contributed by atoms with E-state index in [0.717, 1.165) is 76.6 Å². The molecule has 0 unspecified atom stereocenters. The van der Waals surface area contributed by atoms with E-state index in [9.17, 15) is 4.79 Å². The Labute approximate surface area is 172 Å². The monoisotopic (exact) mass is 397 g/mol. The lowest BCUT2D eigenvalue weighted by molar-refractivity contribution is -0.123. The van der Waals surface area contributed by atoms with E-state index in [2.05, 4.69) is 39.4 Å². The molecule has 0 atom stereocenters. The number of hydrogen-bond acceptors (Lipinski definition) is 5. The van der Waals surface area contributed by atoms with Crippen LogP contribution in [0.5, 0.6) is 0 Å². The molecule has 2 saturated heterocycles. The molecule has 2 fully saturated rings. The standard InChI is InChI=1S/C23H31N3O3/c27-23(18-26-11-14-28-15-12-26)24-16-19-7-9-25(10-8-19)17-20-3-5-21(6-4-20)22-2-1-13-29-22/h1-6,13,19H,7-12,14-18H2,(H,24,27). The van der Waals surface area contributed by atoms with Crippen molar-refractivity contribution in [1.82, 2.24) is 15.1 Å². The molecular weight excluding hydrogens is 366 g/mol. The average Bonchev–Trinajstić information content (AvgIpc) is 3.29. The Kier molecular flexibility index (Phi) is 6.98. The van der Waals surface area contributed by atoms with Crippen molar-refractivity contribution < 1.29 is 13.9 Å². The number of ether oxygens (including phenoxy) is 1. The van der Waals surface area contributed by atoms with Crippen LogP contribution in [0, 0.1) is 5.92 Å². The maximum atomic E-state index is 12.2. The molecule has 0 saturated carbocycles. The fourth-order valence-electron chi connectivity index (χ4n) is 4.10. The zero-order chi connectivity index (χ0) is 19.9. The molecule has 0 radical (unpaired) electrons. The zero-order valence-electron chi connectivity index (χ0n) is 17.0. The smallest absolute Gasteiger partial charge is 0.234 e. The maximum Gasteiger partial charge on any atom is 0.234 e. The van der Waals surface area contributed by atoms with Gasteiger partial charge >= 0.3 is 0 Å². The first kappa shape index (κ1) is 20.1. The van der Waals surface area contributed by atoms with Crippen LogP contribution < -0.4 is 5.32 Å².